The Morgan fingerprint density at radius 3 is 1.59 bits per heavy atom. The highest BCUT2D eigenvalue weighted by molar-refractivity contribution is 6.14. The molecule has 8 aromatic carbocycles. The van der Waals surface area contributed by atoms with Crippen molar-refractivity contribution in [3.05, 3.63) is 176 Å². The zero-order valence-corrected chi connectivity index (χ0v) is 30.8. The van der Waals surface area contributed by atoms with Crippen LogP contribution in [0.5, 0.6) is 0 Å². The maximum absolute atomic E-state index is 6.76. The van der Waals surface area contributed by atoms with E-state index in [0.717, 1.165) is 93.5 Å². The Balaban J connectivity index is 1.07. The third-order valence-electron chi connectivity index (χ3n) is 11.6. The van der Waals surface area contributed by atoms with Crippen LogP contribution in [0.4, 0.5) is 0 Å². The first-order valence-electron chi connectivity index (χ1n) is 19.4. The first-order chi connectivity index (χ1) is 28.8. The number of fused-ring (bicyclic) bond motifs is 12. The Labute approximate surface area is 329 Å². The molecule has 7 heteroatoms. The van der Waals surface area contributed by atoms with Crippen molar-refractivity contribution in [2.75, 3.05) is 0 Å². The van der Waals surface area contributed by atoms with Gasteiger partial charge in [0, 0.05) is 54.2 Å². The molecule has 0 aliphatic carbocycles. The van der Waals surface area contributed by atoms with Crippen LogP contribution < -0.4 is 0 Å². The topological polar surface area (TPSA) is 74.8 Å². The second kappa shape index (κ2) is 11.7. The summed E-state index contributed by atoms with van der Waals surface area (Å²) in [7, 11) is 0. The van der Waals surface area contributed by atoms with Gasteiger partial charge in [0.15, 0.2) is 17.2 Å². The van der Waals surface area contributed by atoms with Gasteiger partial charge < -0.3 is 13.4 Å². The van der Waals surface area contributed by atoms with Crippen molar-refractivity contribution in [2.24, 2.45) is 0 Å². The molecule has 0 aliphatic rings. The Bertz CT molecular complexity index is 3720. The molecule has 270 valence electrons. The lowest BCUT2D eigenvalue weighted by atomic mass is 10.1. The molecule has 5 heterocycles. The summed E-state index contributed by atoms with van der Waals surface area (Å²) in [4.78, 5) is 15.8. The van der Waals surface area contributed by atoms with Crippen molar-refractivity contribution in [3.63, 3.8) is 0 Å². The van der Waals surface area contributed by atoms with Crippen molar-refractivity contribution in [1.29, 1.82) is 0 Å². The fraction of sp³-hybridized carbons (Fsp3) is 0. The van der Waals surface area contributed by atoms with Crippen molar-refractivity contribution in [2.45, 2.75) is 0 Å². The highest BCUT2D eigenvalue weighted by atomic mass is 16.3. The quantitative estimate of drug-likeness (QED) is 0.179. The van der Waals surface area contributed by atoms with Crippen molar-refractivity contribution >= 4 is 87.5 Å². The van der Waals surface area contributed by atoms with E-state index in [-0.39, 0.29) is 0 Å². The van der Waals surface area contributed by atoms with Gasteiger partial charge in [-0.15, -0.1) is 0 Å². The third kappa shape index (κ3) is 4.35. The molecule has 13 aromatic rings. The number of nitrogens with zero attached hydrogens (tertiary/aromatic N) is 5. The summed E-state index contributed by atoms with van der Waals surface area (Å²) in [6.45, 7) is 0. The fourth-order valence-electron chi connectivity index (χ4n) is 9.09. The second-order valence-corrected chi connectivity index (χ2v) is 14.8. The minimum absolute atomic E-state index is 0.535. The fourth-order valence-corrected chi connectivity index (χ4v) is 9.09. The van der Waals surface area contributed by atoms with Crippen LogP contribution in [0, 0.1) is 0 Å². The molecule has 0 aliphatic heterocycles. The number of hydrogen-bond donors (Lipinski definition) is 0. The molecule has 0 amide bonds. The summed E-state index contributed by atoms with van der Waals surface area (Å²) < 4.78 is 17.5. The van der Waals surface area contributed by atoms with Crippen LogP contribution in [-0.2, 0) is 0 Å². The molecule has 0 unspecified atom stereocenters. The van der Waals surface area contributed by atoms with Gasteiger partial charge in [-0.05, 0) is 60.7 Å². The molecule has 0 spiro atoms. The molecule has 0 radical (unpaired) electrons. The molecule has 0 saturated carbocycles. The lowest BCUT2D eigenvalue weighted by Crippen LogP contribution is -2.06. The molecule has 0 bridgehead atoms. The van der Waals surface area contributed by atoms with Gasteiger partial charge in [0.05, 0.1) is 27.8 Å². The molecule has 58 heavy (non-hydrogen) atoms. The van der Waals surface area contributed by atoms with Crippen LogP contribution in [0.25, 0.3) is 122 Å². The van der Waals surface area contributed by atoms with Gasteiger partial charge in [0.1, 0.15) is 16.7 Å². The summed E-state index contributed by atoms with van der Waals surface area (Å²) in [6.07, 6.45) is 0. The van der Waals surface area contributed by atoms with Crippen LogP contribution in [0.3, 0.4) is 0 Å². The summed E-state index contributed by atoms with van der Waals surface area (Å²) in [5.41, 5.74) is 10.2. The SMILES string of the molecule is c1ccc2c(c1)oc1cccc(-c3nc(-c4ccc5oc6c(-n7c8ccccc8c8ccccc87)cccc6c5c4)nc(-n4c5ccccc5c5ccccc54)n3)c12. The minimum atomic E-state index is 0.535. The Hall–Kier alpha value is -8.03. The third-order valence-corrected chi connectivity index (χ3v) is 11.6. The van der Waals surface area contributed by atoms with Gasteiger partial charge in [-0.2, -0.15) is 9.97 Å². The van der Waals surface area contributed by atoms with Gasteiger partial charge in [-0.3, -0.25) is 4.57 Å². The van der Waals surface area contributed by atoms with E-state index in [4.69, 9.17) is 23.8 Å². The van der Waals surface area contributed by atoms with E-state index in [2.05, 4.69) is 143 Å². The van der Waals surface area contributed by atoms with Gasteiger partial charge in [-0.25, -0.2) is 4.98 Å². The van der Waals surface area contributed by atoms with E-state index in [0.29, 0.717) is 17.6 Å². The molecule has 7 nitrogen and oxygen atoms in total. The maximum Gasteiger partial charge on any atom is 0.238 e. The van der Waals surface area contributed by atoms with Gasteiger partial charge in [0.25, 0.3) is 0 Å². The largest absolute Gasteiger partial charge is 0.456 e. The van der Waals surface area contributed by atoms with Crippen LogP contribution in [0.1, 0.15) is 0 Å². The molecule has 0 atom stereocenters. The summed E-state index contributed by atoms with van der Waals surface area (Å²) in [6, 6.07) is 60.7. The van der Waals surface area contributed by atoms with E-state index in [1.54, 1.807) is 0 Å². The first-order valence-corrected chi connectivity index (χ1v) is 19.4. The van der Waals surface area contributed by atoms with E-state index in [1.165, 1.54) is 10.8 Å². The van der Waals surface area contributed by atoms with Gasteiger partial charge in [-0.1, -0.05) is 115 Å². The molecule has 0 saturated heterocycles. The minimum Gasteiger partial charge on any atom is -0.456 e. The number of furan rings is 2. The number of benzene rings is 8. The Kier molecular flexibility index (Phi) is 6.32. The Morgan fingerprint density at radius 1 is 0.362 bits per heavy atom. The molecule has 5 aromatic heterocycles. The van der Waals surface area contributed by atoms with E-state index >= 15 is 0 Å². The zero-order chi connectivity index (χ0) is 37.9. The van der Waals surface area contributed by atoms with Crippen LogP contribution in [0.15, 0.2) is 185 Å². The highest BCUT2D eigenvalue weighted by Gasteiger charge is 2.22. The Morgan fingerprint density at radius 2 is 0.897 bits per heavy atom. The number of aromatic nitrogens is 5. The van der Waals surface area contributed by atoms with E-state index in [1.807, 2.05) is 42.5 Å². The number of para-hydroxylation sites is 6. The van der Waals surface area contributed by atoms with Gasteiger partial charge in [0.2, 0.25) is 5.95 Å². The molecular formula is C51H29N5O2. The lowest BCUT2D eigenvalue weighted by molar-refractivity contribution is 0.666. The summed E-state index contributed by atoms with van der Waals surface area (Å²) in [5.74, 6) is 1.65. The van der Waals surface area contributed by atoms with Crippen molar-refractivity contribution in [1.82, 2.24) is 24.1 Å². The normalized spacial score (nSPS) is 12.1. The predicted molar refractivity (Wildman–Crippen MR) is 234 cm³/mol. The maximum atomic E-state index is 6.76. The second-order valence-electron chi connectivity index (χ2n) is 14.8. The number of hydrogen-bond acceptors (Lipinski definition) is 5. The van der Waals surface area contributed by atoms with Gasteiger partial charge >= 0.3 is 0 Å². The monoisotopic (exact) mass is 743 g/mol. The average Bonchev–Trinajstić information content (AvgIpc) is 4.04. The first kappa shape index (κ1) is 31.2. The van der Waals surface area contributed by atoms with Crippen molar-refractivity contribution in [3.8, 4) is 34.4 Å². The molecule has 0 fully saturated rings. The van der Waals surface area contributed by atoms with E-state index in [9.17, 15) is 0 Å². The smallest absolute Gasteiger partial charge is 0.238 e. The van der Waals surface area contributed by atoms with Crippen LogP contribution >= 0.6 is 0 Å². The zero-order valence-electron chi connectivity index (χ0n) is 30.8. The standard InChI is InChI=1S/C51H29N5O2/c1-6-20-39-31(13-1)32-14-2-7-21-40(32)55(39)43-24-11-18-35-38-29-30(27-28-45(38)58-48(35)43)49-52-50(37-19-12-26-46-47(37)36-17-5-10-25-44(36)57-46)54-51(53-49)56-41-22-8-3-15-33(41)34-16-4-9-23-42(34)56/h1-29H. The average molecular weight is 744 g/mol. The lowest BCUT2D eigenvalue weighted by Gasteiger charge is -2.11. The summed E-state index contributed by atoms with van der Waals surface area (Å²) in [5, 5.41) is 8.66. The molecule has 13 rings (SSSR count). The molecule has 0 N–H and O–H groups in total. The van der Waals surface area contributed by atoms with Crippen LogP contribution in [-0.4, -0.2) is 24.1 Å². The predicted octanol–water partition coefficient (Wildman–Crippen LogP) is 13.2. The van der Waals surface area contributed by atoms with Crippen LogP contribution in [0.2, 0.25) is 0 Å². The highest BCUT2D eigenvalue weighted by Crippen LogP contribution is 2.41. The summed E-state index contributed by atoms with van der Waals surface area (Å²) >= 11 is 0. The number of rotatable bonds is 4. The van der Waals surface area contributed by atoms with E-state index < -0.39 is 0 Å². The van der Waals surface area contributed by atoms with Crippen molar-refractivity contribution < 1.29 is 8.83 Å². The molecular weight excluding hydrogens is 715 g/mol.